The van der Waals surface area contributed by atoms with Gasteiger partial charge in [0.2, 0.25) is 22.1 Å². The van der Waals surface area contributed by atoms with Gasteiger partial charge in [-0.2, -0.15) is 9.97 Å². The standard InChI is InChI=1S/C9H10N6O4S/c1-18-5-3-6(19-2)11-8(10-5)20-9-12-13-14-15(9)4-7(16)17/h3H,4H2,1-2H3,(H,16,17). The van der Waals surface area contributed by atoms with Crippen molar-refractivity contribution in [2.24, 2.45) is 0 Å². The van der Waals surface area contributed by atoms with E-state index in [4.69, 9.17) is 14.6 Å². The van der Waals surface area contributed by atoms with Crippen molar-refractivity contribution >= 4 is 17.7 Å². The van der Waals surface area contributed by atoms with Gasteiger partial charge in [-0.15, -0.1) is 5.10 Å². The van der Waals surface area contributed by atoms with Gasteiger partial charge >= 0.3 is 5.97 Å². The van der Waals surface area contributed by atoms with Crippen LogP contribution in [-0.2, 0) is 11.3 Å². The van der Waals surface area contributed by atoms with E-state index >= 15 is 0 Å². The van der Waals surface area contributed by atoms with Crippen molar-refractivity contribution in [1.29, 1.82) is 0 Å². The number of ether oxygens (including phenoxy) is 2. The van der Waals surface area contributed by atoms with E-state index in [1.165, 1.54) is 20.3 Å². The molecule has 0 saturated carbocycles. The maximum absolute atomic E-state index is 10.7. The molecule has 0 amide bonds. The zero-order valence-corrected chi connectivity index (χ0v) is 11.4. The third-order valence-corrected chi connectivity index (χ3v) is 2.88. The highest BCUT2D eigenvalue weighted by Crippen LogP contribution is 2.26. The number of methoxy groups -OCH3 is 2. The fourth-order valence-corrected chi connectivity index (χ4v) is 1.94. The van der Waals surface area contributed by atoms with E-state index in [9.17, 15) is 4.79 Å². The van der Waals surface area contributed by atoms with Crippen LogP contribution in [-0.4, -0.2) is 55.5 Å². The van der Waals surface area contributed by atoms with Crippen LogP contribution >= 0.6 is 11.8 Å². The second-order valence-corrected chi connectivity index (χ2v) is 4.28. The molecule has 10 nitrogen and oxygen atoms in total. The van der Waals surface area contributed by atoms with Crippen LogP contribution in [0.3, 0.4) is 0 Å². The summed E-state index contributed by atoms with van der Waals surface area (Å²) in [6.07, 6.45) is 0. The number of carbonyl (C=O) groups is 1. The van der Waals surface area contributed by atoms with Crippen LogP contribution in [0.1, 0.15) is 0 Å². The van der Waals surface area contributed by atoms with E-state index in [2.05, 4.69) is 25.5 Å². The van der Waals surface area contributed by atoms with E-state index < -0.39 is 5.97 Å². The summed E-state index contributed by atoms with van der Waals surface area (Å²) in [5.41, 5.74) is 0. The first kappa shape index (κ1) is 14.0. The molecule has 0 aliphatic carbocycles. The number of aliphatic carboxylic acids is 1. The average Bonchev–Trinajstić information content (AvgIpc) is 2.84. The summed E-state index contributed by atoms with van der Waals surface area (Å²) < 4.78 is 11.2. The molecule has 1 N–H and O–H groups in total. The normalized spacial score (nSPS) is 10.3. The lowest BCUT2D eigenvalue weighted by Crippen LogP contribution is -2.11. The predicted octanol–water partition coefficient (Wildman–Crippen LogP) is -0.284. The molecule has 11 heteroatoms. The highest BCUT2D eigenvalue weighted by atomic mass is 32.2. The van der Waals surface area contributed by atoms with Crippen LogP contribution in [0.5, 0.6) is 11.8 Å². The van der Waals surface area contributed by atoms with Gasteiger partial charge in [-0.1, -0.05) is 0 Å². The van der Waals surface area contributed by atoms with Gasteiger partial charge in [0.05, 0.1) is 20.3 Å². The van der Waals surface area contributed by atoms with E-state index in [-0.39, 0.29) is 16.9 Å². The van der Waals surface area contributed by atoms with Gasteiger partial charge in [0.15, 0.2) is 0 Å². The Kier molecular flexibility index (Phi) is 4.30. The minimum absolute atomic E-state index is 0.253. The van der Waals surface area contributed by atoms with Gasteiger partial charge in [0.25, 0.3) is 0 Å². The Morgan fingerprint density at radius 1 is 1.35 bits per heavy atom. The molecule has 0 unspecified atom stereocenters. The lowest BCUT2D eigenvalue weighted by atomic mass is 10.6. The van der Waals surface area contributed by atoms with Crippen molar-refractivity contribution in [3.05, 3.63) is 6.07 Å². The largest absolute Gasteiger partial charge is 0.481 e. The summed E-state index contributed by atoms with van der Waals surface area (Å²) in [6, 6.07) is 1.52. The smallest absolute Gasteiger partial charge is 0.325 e. The summed E-state index contributed by atoms with van der Waals surface area (Å²) >= 11 is 1.00. The van der Waals surface area contributed by atoms with E-state index in [1.54, 1.807) is 0 Å². The molecule has 20 heavy (non-hydrogen) atoms. The first-order chi connectivity index (χ1) is 9.62. The van der Waals surface area contributed by atoms with Crippen LogP contribution < -0.4 is 9.47 Å². The fourth-order valence-electron chi connectivity index (χ4n) is 1.22. The van der Waals surface area contributed by atoms with E-state index in [0.29, 0.717) is 11.8 Å². The van der Waals surface area contributed by atoms with Crippen LogP contribution in [0, 0.1) is 0 Å². The van der Waals surface area contributed by atoms with Crippen LogP contribution in [0.4, 0.5) is 0 Å². The average molecular weight is 298 g/mol. The van der Waals surface area contributed by atoms with Gasteiger partial charge in [-0.05, 0) is 22.2 Å². The number of tetrazole rings is 1. The van der Waals surface area contributed by atoms with Crippen LogP contribution in [0.25, 0.3) is 0 Å². The molecule has 0 saturated heterocycles. The van der Waals surface area contributed by atoms with E-state index in [1.807, 2.05) is 0 Å². The number of hydrogen-bond donors (Lipinski definition) is 1. The Morgan fingerprint density at radius 2 is 2.00 bits per heavy atom. The molecule has 2 rings (SSSR count). The highest BCUT2D eigenvalue weighted by molar-refractivity contribution is 7.99. The lowest BCUT2D eigenvalue weighted by Gasteiger charge is -2.05. The molecule has 0 fully saturated rings. The predicted molar refractivity (Wildman–Crippen MR) is 64.7 cm³/mol. The lowest BCUT2D eigenvalue weighted by molar-refractivity contribution is -0.138. The summed E-state index contributed by atoms with van der Waals surface area (Å²) in [5, 5.41) is 20.0. The highest BCUT2D eigenvalue weighted by Gasteiger charge is 2.14. The summed E-state index contributed by atoms with van der Waals surface area (Å²) in [4.78, 5) is 18.9. The van der Waals surface area contributed by atoms with Crippen molar-refractivity contribution in [1.82, 2.24) is 30.2 Å². The molecular formula is C9H10N6O4S. The number of aromatic nitrogens is 6. The second-order valence-electron chi connectivity index (χ2n) is 3.35. The van der Waals surface area contributed by atoms with Gasteiger partial charge in [0.1, 0.15) is 6.54 Å². The molecule has 2 aromatic rings. The number of carboxylic acids is 1. The second kappa shape index (κ2) is 6.14. The van der Waals surface area contributed by atoms with Crippen LogP contribution in [0.2, 0.25) is 0 Å². The molecule has 0 atom stereocenters. The van der Waals surface area contributed by atoms with Gasteiger partial charge < -0.3 is 14.6 Å². The topological polar surface area (TPSA) is 125 Å². The Balaban J connectivity index is 2.25. The molecule has 2 heterocycles. The van der Waals surface area contributed by atoms with Crippen molar-refractivity contribution in [2.45, 2.75) is 16.9 Å². The number of rotatable bonds is 6. The number of hydrogen-bond acceptors (Lipinski definition) is 9. The Hall–Kier alpha value is -2.43. The van der Waals surface area contributed by atoms with Gasteiger partial charge in [0, 0.05) is 0 Å². The summed E-state index contributed by atoms with van der Waals surface area (Å²) in [6.45, 7) is -0.351. The number of nitrogens with zero attached hydrogens (tertiary/aromatic N) is 6. The minimum atomic E-state index is -1.05. The van der Waals surface area contributed by atoms with Crippen LogP contribution in [0.15, 0.2) is 16.4 Å². The maximum atomic E-state index is 10.7. The Morgan fingerprint density at radius 3 is 2.55 bits per heavy atom. The third-order valence-electron chi connectivity index (χ3n) is 2.04. The Bertz CT molecular complexity index is 596. The van der Waals surface area contributed by atoms with Gasteiger partial charge in [-0.25, -0.2) is 4.68 Å². The van der Waals surface area contributed by atoms with Gasteiger partial charge in [-0.3, -0.25) is 4.79 Å². The quantitative estimate of drug-likeness (QED) is 0.711. The molecule has 106 valence electrons. The number of carboxylic acid groups (broad SMARTS) is 1. The SMILES string of the molecule is COc1cc(OC)nc(Sc2nnnn2CC(=O)O)n1. The molecule has 2 aromatic heterocycles. The zero-order valence-electron chi connectivity index (χ0n) is 10.5. The van der Waals surface area contributed by atoms with Crippen molar-refractivity contribution < 1.29 is 19.4 Å². The Labute approximate surface area is 117 Å². The molecule has 0 aliphatic heterocycles. The molecule has 0 bridgehead atoms. The fraction of sp³-hybridized carbons (Fsp3) is 0.333. The monoisotopic (exact) mass is 298 g/mol. The van der Waals surface area contributed by atoms with Crippen molar-refractivity contribution in [2.75, 3.05) is 14.2 Å². The minimum Gasteiger partial charge on any atom is -0.481 e. The van der Waals surface area contributed by atoms with E-state index in [0.717, 1.165) is 16.4 Å². The summed E-state index contributed by atoms with van der Waals surface area (Å²) in [7, 11) is 2.93. The molecular weight excluding hydrogens is 288 g/mol. The summed E-state index contributed by atoms with van der Waals surface area (Å²) in [5.74, 6) is -0.420. The molecule has 0 spiro atoms. The van der Waals surface area contributed by atoms with Crippen molar-refractivity contribution in [3.63, 3.8) is 0 Å². The van der Waals surface area contributed by atoms with Crippen molar-refractivity contribution in [3.8, 4) is 11.8 Å². The maximum Gasteiger partial charge on any atom is 0.325 e. The molecule has 0 aliphatic rings. The first-order valence-corrected chi connectivity index (χ1v) is 6.07. The third kappa shape index (κ3) is 3.32. The molecule has 0 radical (unpaired) electrons. The first-order valence-electron chi connectivity index (χ1n) is 5.25. The zero-order chi connectivity index (χ0) is 14.5. The molecule has 0 aromatic carbocycles.